The Balaban J connectivity index is 1.98. The van der Waals surface area contributed by atoms with Crippen LogP contribution in [0.5, 0.6) is 0 Å². The summed E-state index contributed by atoms with van der Waals surface area (Å²) >= 11 is 0. The summed E-state index contributed by atoms with van der Waals surface area (Å²) in [5, 5.41) is 4.97. The first-order valence-electron chi connectivity index (χ1n) is 6.45. The molecule has 20 heavy (non-hydrogen) atoms. The molecule has 0 saturated heterocycles. The number of amides is 1. The number of pyridine rings is 1. The summed E-state index contributed by atoms with van der Waals surface area (Å²) in [7, 11) is 0. The molecule has 0 aliphatic rings. The van der Waals surface area contributed by atoms with Crippen LogP contribution in [0.15, 0.2) is 60.9 Å². The van der Waals surface area contributed by atoms with Gasteiger partial charge in [0.2, 0.25) is 0 Å². The van der Waals surface area contributed by atoms with Gasteiger partial charge in [0, 0.05) is 34.4 Å². The minimum Gasteiger partial charge on any atom is -0.321 e. The van der Waals surface area contributed by atoms with Gasteiger partial charge in [-0.05, 0) is 30.7 Å². The van der Waals surface area contributed by atoms with Gasteiger partial charge in [0.25, 0.3) is 5.91 Å². The van der Waals surface area contributed by atoms with Crippen molar-refractivity contribution in [2.75, 3.05) is 5.32 Å². The summed E-state index contributed by atoms with van der Waals surface area (Å²) in [6, 6.07) is 15.3. The van der Waals surface area contributed by atoms with Crippen molar-refractivity contribution in [2.45, 2.75) is 6.92 Å². The van der Waals surface area contributed by atoms with Gasteiger partial charge in [-0.1, -0.05) is 30.3 Å². The molecular formula is C17H14N2O. The average Bonchev–Trinajstić information content (AvgIpc) is 2.48. The second-order valence-electron chi connectivity index (χ2n) is 4.67. The molecule has 3 nitrogen and oxygen atoms in total. The van der Waals surface area contributed by atoms with E-state index in [9.17, 15) is 4.79 Å². The molecule has 2 aromatic carbocycles. The van der Waals surface area contributed by atoms with E-state index in [-0.39, 0.29) is 5.91 Å². The molecule has 0 aliphatic heterocycles. The number of aromatic nitrogens is 1. The Morgan fingerprint density at radius 3 is 2.75 bits per heavy atom. The fraction of sp³-hybridized carbons (Fsp3) is 0.0588. The SMILES string of the molecule is Cc1ccccc1C(=O)Nc1cccc2cnccc12. The fourth-order valence-electron chi connectivity index (χ4n) is 2.25. The first-order chi connectivity index (χ1) is 9.75. The third-order valence-corrected chi connectivity index (χ3v) is 3.32. The number of carbonyl (C=O) groups is 1. The first-order valence-corrected chi connectivity index (χ1v) is 6.45. The number of hydrogen-bond donors (Lipinski definition) is 1. The highest BCUT2D eigenvalue weighted by Gasteiger charge is 2.10. The summed E-state index contributed by atoms with van der Waals surface area (Å²) in [5.74, 6) is -0.0904. The number of nitrogens with one attached hydrogen (secondary N) is 1. The van der Waals surface area contributed by atoms with Gasteiger partial charge in [-0.2, -0.15) is 0 Å². The smallest absolute Gasteiger partial charge is 0.255 e. The van der Waals surface area contributed by atoms with Crippen LogP contribution in [0, 0.1) is 6.92 Å². The zero-order valence-corrected chi connectivity index (χ0v) is 11.1. The quantitative estimate of drug-likeness (QED) is 0.763. The molecule has 0 aliphatic carbocycles. The van der Waals surface area contributed by atoms with Crippen LogP contribution >= 0.6 is 0 Å². The molecule has 1 N–H and O–H groups in total. The van der Waals surface area contributed by atoms with E-state index in [1.165, 1.54) is 0 Å². The van der Waals surface area contributed by atoms with Gasteiger partial charge in [0.05, 0.1) is 0 Å². The van der Waals surface area contributed by atoms with Gasteiger partial charge < -0.3 is 5.32 Å². The van der Waals surface area contributed by atoms with Crippen molar-refractivity contribution in [3.8, 4) is 0 Å². The van der Waals surface area contributed by atoms with Crippen LogP contribution in [0.4, 0.5) is 5.69 Å². The monoisotopic (exact) mass is 262 g/mol. The Morgan fingerprint density at radius 1 is 1.05 bits per heavy atom. The molecule has 3 heteroatoms. The van der Waals surface area contributed by atoms with Crippen LogP contribution < -0.4 is 5.32 Å². The molecule has 0 unspecified atom stereocenters. The van der Waals surface area contributed by atoms with E-state index in [0.717, 1.165) is 22.0 Å². The Morgan fingerprint density at radius 2 is 1.90 bits per heavy atom. The van der Waals surface area contributed by atoms with Crippen molar-refractivity contribution in [1.82, 2.24) is 4.98 Å². The number of fused-ring (bicyclic) bond motifs is 1. The number of benzene rings is 2. The van der Waals surface area contributed by atoms with E-state index in [1.54, 1.807) is 12.4 Å². The van der Waals surface area contributed by atoms with E-state index < -0.39 is 0 Å². The summed E-state index contributed by atoms with van der Waals surface area (Å²) in [5.41, 5.74) is 2.46. The van der Waals surface area contributed by atoms with E-state index >= 15 is 0 Å². The topological polar surface area (TPSA) is 42.0 Å². The van der Waals surface area contributed by atoms with Crippen LogP contribution in [-0.4, -0.2) is 10.9 Å². The van der Waals surface area contributed by atoms with E-state index in [1.807, 2.05) is 55.5 Å². The minimum absolute atomic E-state index is 0.0904. The van der Waals surface area contributed by atoms with Gasteiger partial charge in [-0.15, -0.1) is 0 Å². The van der Waals surface area contributed by atoms with Gasteiger partial charge in [0.15, 0.2) is 0 Å². The second kappa shape index (κ2) is 5.13. The highest BCUT2D eigenvalue weighted by molar-refractivity contribution is 6.09. The van der Waals surface area contributed by atoms with Crippen LogP contribution in [0.3, 0.4) is 0 Å². The molecular weight excluding hydrogens is 248 g/mol. The van der Waals surface area contributed by atoms with Gasteiger partial charge in [-0.3, -0.25) is 9.78 Å². The highest BCUT2D eigenvalue weighted by atomic mass is 16.1. The summed E-state index contributed by atoms with van der Waals surface area (Å²) in [6.45, 7) is 1.93. The molecule has 0 spiro atoms. The number of carbonyl (C=O) groups excluding carboxylic acids is 1. The van der Waals surface area contributed by atoms with Gasteiger partial charge >= 0.3 is 0 Å². The largest absolute Gasteiger partial charge is 0.321 e. The molecule has 1 aromatic heterocycles. The van der Waals surface area contributed by atoms with Gasteiger partial charge in [-0.25, -0.2) is 0 Å². The van der Waals surface area contributed by atoms with Crippen molar-refractivity contribution >= 4 is 22.4 Å². The maximum Gasteiger partial charge on any atom is 0.255 e. The second-order valence-corrected chi connectivity index (χ2v) is 4.67. The van der Waals surface area contributed by atoms with Crippen LogP contribution in [0.1, 0.15) is 15.9 Å². The Bertz CT molecular complexity index is 775. The Hall–Kier alpha value is -2.68. The predicted octanol–water partition coefficient (Wildman–Crippen LogP) is 3.80. The standard InChI is InChI=1S/C17H14N2O/c1-12-5-2-3-7-14(12)17(20)19-16-8-4-6-13-11-18-10-9-15(13)16/h2-11H,1H3,(H,19,20). The lowest BCUT2D eigenvalue weighted by Gasteiger charge is -2.10. The molecule has 3 aromatic rings. The third kappa shape index (κ3) is 2.26. The summed E-state index contributed by atoms with van der Waals surface area (Å²) < 4.78 is 0. The normalized spacial score (nSPS) is 10.4. The molecule has 0 bridgehead atoms. The number of nitrogens with zero attached hydrogens (tertiary/aromatic N) is 1. The van der Waals surface area contributed by atoms with Crippen molar-refractivity contribution in [2.24, 2.45) is 0 Å². The summed E-state index contributed by atoms with van der Waals surface area (Å²) in [4.78, 5) is 16.4. The van der Waals surface area contributed by atoms with Crippen molar-refractivity contribution < 1.29 is 4.79 Å². The lowest BCUT2D eigenvalue weighted by atomic mass is 10.1. The van der Waals surface area contributed by atoms with E-state index in [2.05, 4.69) is 10.3 Å². The van der Waals surface area contributed by atoms with Gasteiger partial charge in [0.1, 0.15) is 0 Å². The molecule has 1 heterocycles. The Labute approximate surface area is 117 Å². The highest BCUT2D eigenvalue weighted by Crippen LogP contribution is 2.23. The molecule has 0 saturated carbocycles. The maximum atomic E-state index is 12.4. The van der Waals surface area contributed by atoms with Crippen LogP contribution in [0.2, 0.25) is 0 Å². The number of anilines is 1. The lowest BCUT2D eigenvalue weighted by Crippen LogP contribution is -2.13. The molecule has 1 amide bonds. The molecule has 3 rings (SSSR count). The number of rotatable bonds is 2. The van der Waals surface area contributed by atoms with Crippen LogP contribution in [0.25, 0.3) is 10.8 Å². The predicted molar refractivity (Wildman–Crippen MR) is 80.9 cm³/mol. The maximum absolute atomic E-state index is 12.4. The molecule has 0 radical (unpaired) electrons. The fourth-order valence-corrected chi connectivity index (χ4v) is 2.25. The molecule has 0 atom stereocenters. The molecule has 98 valence electrons. The van der Waals surface area contributed by atoms with Crippen LogP contribution in [-0.2, 0) is 0 Å². The number of hydrogen-bond acceptors (Lipinski definition) is 2. The number of aryl methyl sites for hydroxylation is 1. The zero-order chi connectivity index (χ0) is 13.9. The van der Waals surface area contributed by atoms with Crippen molar-refractivity contribution in [1.29, 1.82) is 0 Å². The zero-order valence-electron chi connectivity index (χ0n) is 11.1. The van der Waals surface area contributed by atoms with Crippen molar-refractivity contribution in [3.63, 3.8) is 0 Å². The van der Waals surface area contributed by atoms with E-state index in [4.69, 9.17) is 0 Å². The summed E-state index contributed by atoms with van der Waals surface area (Å²) in [6.07, 6.45) is 3.52. The first kappa shape index (κ1) is 12.4. The van der Waals surface area contributed by atoms with Crippen molar-refractivity contribution in [3.05, 3.63) is 72.1 Å². The average molecular weight is 262 g/mol. The third-order valence-electron chi connectivity index (χ3n) is 3.32. The lowest BCUT2D eigenvalue weighted by molar-refractivity contribution is 0.102. The minimum atomic E-state index is -0.0904. The molecule has 0 fully saturated rings. The van der Waals surface area contributed by atoms with E-state index in [0.29, 0.717) is 5.56 Å². The Kier molecular flexibility index (Phi) is 3.17.